The zero-order valence-corrected chi connectivity index (χ0v) is 8.53. The maximum absolute atomic E-state index is 11.6. The van der Waals surface area contributed by atoms with Crippen molar-refractivity contribution in [2.75, 3.05) is 12.4 Å². The van der Waals surface area contributed by atoms with E-state index in [0.29, 0.717) is 5.82 Å². The number of aromatic nitrogens is 2. The molecule has 0 atom stereocenters. The van der Waals surface area contributed by atoms with Gasteiger partial charge in [0.25, 0.3) is 0 Å². The molecular weight excluding hydrogens is 180 g/mol. The van der Waals surface area contributed by atoms with Crippen molar-refractivity contribution in [3.8, 4) is 0 Å². The molecule has 2 N–H and O–H groups in total. The summed E-state index contributed by atoms with van der Waals surface area (Å²) in [5.74, 6) is 0.321. The molecule has 0 aliphatic carbocycles. The zero-order chi connectivity index (χ0) is 10.6. The first-order valence-corrected chi connectivity index (χ1v) is 4.32. The number of rotatable bonds is 3. The molecule has 0 aliphatic heterocycles. The molecule has 0 saturated heterocycles. The molecule has 0 aliphatic rings. The Morgan fingerprint density at radius 3 is 2.64 bits per heavy atom. The second-order valence-electron chi connectivity index (χ2n) is 3.42. The van der Waals surface area contributed by atoms with Crippen LogP contribution in [-0.4, -0.2) is 28.5 Å². The van der Waals surface area contributed by atoms with Gasteiger partial charge in [-0.2, -0.15) is 0 Å². The number of nitrogens with one attached hydrogen (secondary N) is 2. The third-order valence-electron chi connectivity index (χ3n) is 2.00. The Bertz CT molecular complexity index is 310. The summed E-state index contributed by atoms with van der Waals surface area (Å²) in [7, 11) is 1.73. The van der Waals surface area contributed by atoms with Crippen LogP contribution < -0.4 is 10.6 Å². The van der Waals surface area contributed by atoms with Gasteiger partial charge in [0.1, 0.15) is 0 Å². The molecule has 1 rings (SSSR count). The first-order valence-electron chi connectivity index (χ1n) is 4.32. The van der Waals surface area contributed by atoms with Gasteiger partial charge in [0.05, 0.1) is 11.7 Å². The van der Waals surface area contributed by atoms with Crippen molar-refractivity contribution < 1.29 is 4.79 Å². The van der Waals surface area contributed by atoms with Gasteiger partial charge < -0.3 is 10.6 Å². The highest BCUT2D eigenvalue weighted by atomic mass is 16.2. The number of carbonyl (C=O) groups excluding carboxylic acids is 1. The van der Waals surface area contributed by atoms with Gasteiger partial charge in [0, 0.05) is 12.4 Å². The van der Waals surface area contributed by atoms with Crippen LogP contribution in [0.4, 0.5) is 5.82 Å². The molecule has 76 valence electrons. The van der Waals surface area contributed by atoms with Gasteiger partial charge in [-0.15, -0.1) is 0 Å². The standard InChI is InChI=1S/C9H14N4O/c1-9(2,10-3)8(14)13-7-6-11-4-5-12-7/h4-6,10H,1-3H3,(H,12,13,14). The number of hydrogen-bond acceptors (Lipinski definition) is 4. The summed E-state index contributed by atoms with van der Waals surface area (Å²) in [6, 6.07) is 0. The third kappa shape index (κ3) is 2.50. The lowest BCUT2D eigenvalue weighted by Gasteiger charge is -2.22. The molecule has 0 bridgehead atoms. The number of hydrogen-bond donors (Lipinski definition) is 2. The lowest BCUT2D eigenvalue weighted by atomic mass is 10.1. The van der Waals surface area contributed by atoms with Crippen LogP contribution >= 0.6 is 0 Å². The number of carbonyl (C=O) groups is 1. The van der Waals surface area contributed by atoms with Crippen LogP contribution in [0, 0.1) is 0 Å². The summed E-state index contributed by atoms with van der Waals surface area (Å²) in [6.45, 7) is 3.58. The van der Waals surface area contributed by atoms with E-state index in [1.807, 2.05) is 0 Å². The Morgan fingerprint density at radius 1 is 1.43 bits per heavy atom. The molecule has 1 aromatic heterocycles. The monoisotopic (exact) mass is 194 g/mol. The molecule has 0 radical (unpaired) electrons. The van der Waals surface area contributed by atoms with Crippen LogP contribution in [0.1, 0.15) is 13.8 Å². The molecule has 0 spiro atoms. The van der Waals surface area contributed by atoms with Gasteiger partial charge in [-0.3, -0.25) is 9.78 Å². The summed E-state index contributed by atoms with van der Waals surface area (Å²) < 4.78 is 0. The quantitative estimate of drug-likeness (QED) is 0.731. The van der Waals surface area contributed by atoms with Crippen LogP contribution in [-0.2, 0) is 4.79 Å². The number of nitrogens with zero attached hydrogens (tertiary/aromatic N) is 2. The molecule has 5 nitrogen and oxygen atoms in total. The summed E-state index contributed by atoms with van der Waals surface area (Å²) in [5.41, 5.74) is -0.614. The molecule has 1 heterocycles. The fraction of sp³-hybridized carbons (Fsp3) is 0.444. The van der Waals surface area contributed by atoms with Gasteiger partial charge in [-0.25, -0.2) is 4.98 Å². The van der Waals surface area contributed by atoms with Crippen LogP contribution in [0.25, 0.3) is 0 Å². The first kappa shape index (κ1) is 10.6. The normalized spacial score (nSPS) is 11.1. The van der Waals surface area contributed by atoms with E-state index in [1.165, 1.54) is 12.4 Å². The summed E-state index contributed by atoms with van der Waals surface area (Å²) in [6.07, 6.45) is 4.59. The summed E-state index contributed by atoms with van der Waals surface area (Å²) in [4.78, 5) is 19.4. The van der Waals surface area contributed by atoms with Crippen LogP contribution in [0.15, 0.2) is 18.6 Å². The van der Waals surface area contributed by atoms with E-state index >= 15 is 0 Å². The number of anilines is 1. The van der Waals surface area contributed by atoms with Crippen molar-refractivity contribution >= 4 is 11.7 Å². The highest BCUT2D eigenvalue weighted by Crippen LogP contribution is 2.05. The molecule has 1 amide bonds. The second-order valence-corrected chi connectivity index (χ2v) is 3.42. The minimum absolute atomic E-state index is 0.138. The molecule has 14 heavy (non-hydrogen) atoms. The summed E-state index contributed by atoms with van der Waals surface area (Å²) in [5, 5.41) is 5.56. The van der Waals surface area contributed by atoms with E-state index in [0.717, 1.165) is 0 Å². The summed E-state index contributed by atoms with van der Waals surface area (Å²) >= 11 is 0. The lowest BCUT2D eigenvalue weighted by molar-refractivity contribution is -0.121. The predicted octanol–water partition coefficient (Wildman–Crippen LogP) is 0.413. The minimum Gasteiger partial charge on any atom is -0.308 e. The fourth-order valence-electron chi connectivity index (χ4n) is 0.750. The van der Waals surface area contributed by atoms with Gasteiger partial charge in [0.15, 0.2) is 5.82 Å². The first-order chi connectivity index (χ1) is 6.56. The molecule has 0 unspecified atom stereocenters. The van der Waals surface area contributed by atoms with Crippen LogP contribution in [0.5, 0.6) is 0 Å². The van der Waals surface area contributed by atoms with Gasteiger partial charge in [-0.1, -0.05) is 0 Å². The second kappa shape index (κ2) is 4.15. The van der Waals surface area contributed by atoms with Crippen molar-refractivity contribution in [2.45, 2.75) is 19.4 Å². The average Bonchev–Trinajstić information content (AvgIpc) is 2.19. The number of likely N-dealkylation sites (N-methyl/N-ethyl adjacent to an activating group) is 1. The van der Waals surface area contributed by atoms with Gasteiger partial charge >= 0.3 is 0 Å². The van der Waals surface area contributed by atoms with Crippen LogP contribution in [0.2, 0.25) is 0 Å². The Morgan fingerprint density at radius 2 is 2.14 bits per heavy atom. The van der Waals surface area contributed by atoms with Gasteiger partial charge in [-0.05, 0) is 20.9 Å². The Hall–Kier alpha value is -1.49. The minimum atomic E-state index is -0.614. The molecule has 0 aromatic carbocycles. The third-order valence-corrected chi connectivity index (χ3v) is 2.00. The van der Waals surface area contributed by atoms with Crippen LogP contribution in [0.3, 0.4) is 0 Å². The molecular formula is C9H14N4O. The van der Waals surface area contributed by atoms with E-state index in [2.05, 4.69) is 20.6 Å². The van der Waals surface area contributed by atoms with Crippen molar-refractivity contribution in [1.29, 1.82) is 0 Å². The van der Waals surface area contributed by atoms with E-state index in [-0.39, 0.29) is 5.91 Å². The number of amides is 1. The smallest absolute Gasteiger partial charge is 0.245 e. The van der Waals surface area contributed by atoms with E-state index < -0.39 is 5.54 Å². The Labute approximate surface area is 83.0 Å². The lowest BCUT2D eigenvalue weighted by Crippen LogP contribution is -2.48. The zero-order valence-electron chi connectivity index (χ0n) is 8.53. The maximum atomic E-state index is 11.6. The maximum Gasteiger partial charge on any atom is 0.245 e. The van der Waals surface area contributed by atoms with Crippen molar-refractivity contribution in [3.63, 3.8) is 0 Å². The van der Waals surface area contributed by atoms with Crippen molar-refractivity contribution in [2.24, 2.45) is 0 Å². The van der Waals surface area contributed by atoms with Crippen molar-refractivity contribution in [3.05, 3.63) is 18.6 Å². The SMILES string of the molecule is CNC(C)(C)C(=O)Nc1cnccn1. The molecule has 0 fully saturated rings. The molecule has 0 saturated carbocycles. The van der Waals surface area contributed by atoms with E-state index in [9.17, 15) is 4.79 Å². The van der Waals surface area contributed by atoms with Gasteiger partial charge in [0.2, 0.25) is 5.91 Å². The fourth-order valence-corrected chi connectivity index (χ4v) is 0.750. The molecule has 1 aromatic rings. The largest absolute Gasteiger partial charge is 0.308 e. The molecule has 5 heteroatoms. The Balaban J connectivity index is 2.67. The average molecular weight is 194 g/mol. The van der Waals surface area contributed by atoms with E-state index in [4.69, 9.17) is 0 Å². The Kier molecular flexibility index (Phi) is 3.14. The van der Waals surface area contributed by atoms with E-state index in [1.54, 1.807) is 27.1 Å². The highest BCUT2D eigenvalue weighted by molar-refractivity contribution is 5.96. The predicted molar refractivity (Wildman–Crippen MR) is 53.8 cm³/mol. The topological polar surface area (TPSA) is 66.9 Å². The highest BCUT2D eigenvalue weighted by Gasteiger charge is 2.25. The van der Waals surface area contributed by atoms with Crippen molar-refractivity contribution in [1.82, 2.24) is 15.3 Å².